The molecule has 1 fully saturated rings. The van der Waals surface area contributed by atoms with Gasteiger partial charge in [0.1, 0.15) is 5.82 Å². The number of halogens is 1. The lowest BCUT2D eigenvalue weighted by Gasteiger charge is -2.28. The third-order valence-corrected chi connectivity index (χ3v) is 5.17. The van der Waals surface area contributed by atoms with Gasteiger partial charge in [-0.05, 0) is 43.3 Å². The van der Waals surface area contributed by atoms with Crippen molar-refractivity contribution in [3.05, 3.63) is 54.3 Å². The maximum Gasteiger partial charge on any atom is 0.237 e. The number of ether oxygens (including phenoxy) is 1. The second-order valence-corrected chi connectivity index (χ2v) is 7.21. The molecule has 0 saturated carbocycles. The van der Waals surface area contributed by atoms with E-state index in [2.05, 4.69) is 10.2 Å². The van der Waals surface area contributed by atoms with Crippen molar-refractivity contribution in [3.8, 4) is 0 Å². The first-order chi connectivity index (χ1) is 12.1. The Hall–Kier alpha value is -2.05. The summed E-state index contributed by atoms with van der Waals surface area (Å²) >= 11 is 1.21. The summed E-state index contributed by atoms with van der Waals surface area (Å²) < 4.78 is 19.0. The smallest absolute Gasteiger partial charge is 0.237 e. The third-order valence-electron chi connectivity index (χ3n) is 4.02. The summed E-state index contributed by atoms with van der Waals surface area (Å²) in [6.07, 6.45) is 0. The fourth-order valence-corrected chi connectivity index (χ4v) is 3.49. The number of benzene rings is 2. The Balaban J connectivity index is 1.57. The molecule has 1 heterocycles. The zero-order valence-corrected chi connectivity index (χ0v) is 14.9. The first kappa shape index (κ1) is 17.8. The first-order valence-electron chi connectivity index (χ1n) is 8.28. The average molecular weight is 360 g/mol. The molecule has 0 unspecified atom stereocenters. The van der Waals surface area contributed by atoms with E-state index in [9.17, 15) is 9.18 Å². The Morgan fingerprint density at radius 3 is 2.52 bits per heavy atom. The molecule has 6 heteroatoms. The summed E-state index contributed by atoms with van der Waals surface area (Å²) in [5.74, 6) is -0.450. The molecule has 0 bridgehead atoms. The summed E-state index contributed by atoms with van der Waals surface area (Å²) in [6, 6.07) is 14.3. The minimum absolute atomic E-state index is 0.146. The van der Waals surface area contributed by atoms with Gasteiger partial charge in [0.15, 0.2) is 0 Å². The van der Waals surface area contributed by atoms with Crippen LogP contribution in [-0.4, -0.2) is 37.5 Å². The molecule has 1 atom stereocenters. The average Bonchev–Trinajstić information content (AvgIpc) is 2.65. The fourth-order valence-electron chi connectivity index (χ4n) is 2.61. The maximum absolute atomic E-state index is 13.7. The van der Waals surface area contributed by atoms with Crippen LogP contribution in [0.4, 0.5) is 15.8 Å². The van der Waals surface area contributed by atoms with E-state index in [1.54, 1.807) is 25.1 Å². The van der Waals surface area contributed by atoms with Crippen molar-refractivity contribution in [3.63, 3.8) is 0 Å². The highest BCUT2D eigenvalue weighted by Gasteiger charge is 2.17. The van der Waals surface area contributed by atoms with E-state index in [1.165, 1.54) is 17.8 Å². The monoisotopic (exact) mass is 360 g/mol. The second-order valence-electron chi connectivity index (χ2n) is 5.83. The van der Waals surface area contributed by atoms with Gasteiger partial charge in [-0.2, -0.15) is 0 Å². The minimum atomic E-state index is -0.393. The summed E-state index contributed by atoms with van der Waals surface area (Å²) in [5, 5.41) is 2.49. The van der Waals surface area contributed by atoms with Crippen LogP contribution >= 0.6 is 11.8 Å². The van der Waals surface area contributed by atoms with E-state index in [0.717, 1.165) is 37.7 Å². The molecule has 1 amide bonds. The number of rotatable bonds is 5. The van der Waals surface area contributed by atoms with Crippen molar-refractivity contribution < 1.29 is 13.9 Å². The Bertz CT molecular complexity index is 718. The van der Waals surface area contributed by atoms with Crippen molar-refractivity contribution in [1.29, 1.82) is 0 Å². The van der Waals surface area contributed by atoms with Crippen LogP contribution in [0.25, 0.3) is 0 Å². The predicted molar refractivity (Wildman–Crippen MR) is 99.8 cm³/mol. The first-order valence-corrected chi connectivity index (χ1v) is 9.16. The lowest BCUT2D eigenvalue weighted by Crippen LogP contribution is -2.36. The van der Waals surface area contributed by atoms with Crippen LogP contribution < -0.4 is 10.2 Å². The molecule has 1 aliphatic heterocycles. The van der Waals surface area contributed by atoms with Gasteiger partial charge in [-0.1, -0.05) is 12.1 Å². The largest absolute Gasteiger partial charge is 0.378 e. The summed E-state index contributed by atoms with van der Waals surface area (Å²) in [7, 11) is 0. The van der Waals surface area contributed by atoms with Gasteiger partial charge in [0.25, 0.3) is 0 Å². The number of hydrogen-bond acceptors (Lipinski definition) is 4. The number of anilines is 2. The molecule has 2 aromatic rings. The number of hydrogen-bond donors (Lipinski definition) is 1. The van der Waals surface area contributed by atoms with Gasteiger partial charge in [0.05, 0.1) is 18.5 Å². The lowest BCUT2D eigenvalue weighted by atomic mass is 10.2. The number of thioether (sulfide) groups is 1. The number of morpholine rings is 1. The van der Waals surface area contributed by atoms with E-state index < -0.39 is 5.25 Å². The van der Waals surface area contributed by atoms with Gasteiger partial charge in [-0.15, -0.1) is 11.8 Å². The highest BCUT2D eigenvalue weighted by atomic mass is 32.2. The quantitative estimate of drug-likeness (QED) is 0.824. The SMILES string of the molecule is C[C@H](Sc1ccccc1F)C(=O)Nc1ccc(N2CCOCC2)cc1. The third kappa shape index (κ3) is 4.74. The number of nitrogens with one attached hydrogen (secondary N) is 1. The number of amides is 1. The molecule has 0 aliphatic carbocycles. The lowest BCUT2D eigenvalue weighted by molar-refractivity contribution is -0.115. The van der Waals surface area contributed by atoms with Gasteiger partial charge >= 0.3 is 0 Å². The highest BCUT2D eigenvalue weighted by molar-refractivity contribution is 8.00. The molecular formula is C19H21FN2O2S. The molecule has 1 aliphatic rings. The van der Waals surface area contributed by atoms with Crippen molar-refractivity contribution >= 4 is 29.0 Å². The molecule has 132 valence electrons. The zero-order chi connectivity index (χ0) is 17.6. The molecule has 2 aromatic carbocycles. The van der Waals surface area contributed by atoms with Gasteiger partial charge in [0, 0.05) is 29.4 Å². The van der Waals surface area contributed by atoms with Crippen LogP contribution in [0.15, 0.2) is 53.4 Å². The summed E-state index contributed by atoms with van der Waals surface area (Å²) in [4.78, 5) is 15.1. The zero-order valence-electron chi connectivity index (χ0n) is 14.1. The molecule has 0 spiro atoms. The molecule has 4 nitrogen and oxygen atoms in total. The Labute approximate surface area is 151 Å². The molecule has 0 radical (unpaired) electrons. The van der Waals surface area contributed by atoms with Crippen molar-refractivity contribution in [2.24, 2.45) is 0 Å². The molecule has 1 N–H and O–H groups in total. The van der Waals surface area contributed by atoms with E-state index in [-0.39, 0.29) is 11.7 Å². The van der Waals surface area contributed by atoms with Crippen molar-refractivity contribution in [2.75, 3.05) is 36.5 Å². The Morgan fingerprint density at radius 1 is 1.16 bits per heavy atom. The summed E-state index contributed by atoms with van der Waals surface area (Å²) in [6.45, 7) is 5.01. The number of nitrogens with zero attached hydrogens (tertiary/aromatic N) is 1. The van der Waals surface area contributed by atoms with Gasteiger partial charge < -0.3 is 15.0 Å². The normalized spacial score (nSPS) is 15.7. The Kier molecular flexibility index (Phi) is 5.94. The summed E-state index contributed by atoms with van der Waals surface area (Å²) in [5.41, 5.74) is 1.86. The Morgan fingerprint density at radius 2 is 1.84 bits per heavy atom. The highest BCUT2D eigenvalue weighted by Crippen LogP contribution is 2.27. The molecule has 25 heavy (non-hydrogen) atoms. The number of carbonyl (C=O) groups excluding carboxylic acids is 1. The van der Waals surface area contributed by atoms with Crippen molar-refractivity contribution in [1.82, 2.24) is 0 Å². The van der Waals surface area contributed by atoms with Crippen LogP contribution in [0.2, 0.25) is 0 Å². The van der Waals surface area contributed by atoms with Crippen LogP contribution in [0.3, 0.4) is 0 Å². The van der Waals surface area contributed by atoms with Crippen molar-refractivity contribution in [2.45, 2.75) is 17.1 Å². The standard InChI is InChI=1S/C19H21FN2O2S/c1-14(25-18-5-3-2-4-17(18)20)19(23)21-15-6-8-16(9-7-15)22-10-12-24-13-11-22/h2-9,14H,10-13H2,1H3,(H,21,23)/t14-/m0/s1. The molecular weight excluding hydrogens is 339 g/mol. The maximum atomic E-state index is 13.7. The van der Waals surface area contributed by atoms with Crippen LogP contribution in [0.1, 0.15) is 6.92 Å². The van der Waals surface area contributed by atoms with E-state index >= 15 is 0 Å². The molecule has 3 rings (SSSR count). The second kappa shape index (κ2) is 8.36. The van der Waals surface area contributed by atoms with E-state index in [4.69, 9.17) is 4.74 Å². The topological polar surface area (TPSA) is 41.6 Å². The predicted octanol–water partition coefficient (Wildman–Crippen LogP) is 3.78. The van der Waals surface area contributed by atoms with Gasteiger partial charge in [-0.25, -0.2) is 4.39 Å². The van der Waals surface area contributed by atoms with Crippen LogP contribution in [-0.2, 0) is 9.53 Å². The number of carbonyl (C=O) groups is 1. The van der Waals surface area contributed by atoms with E-state index in [0.29, 0.717) is 4.90 Å². The van der Waals surface area contributed by atoms with E-state index in [1.807, 2.05) is 24.3 Å². The van der Waals surface area contributed by atoms with Crippen LogP contribution in [0, 0.1) is 5.82 Å². The van der Waals surface area contributed by atoms with Crippen LogP contribution in [0.5, 0.6) is 0 Å². The van der Waals surface area contributed by atoms with Gasteiger partial charge in [0.2, 0.25) is 5.91 Å². The fraction of sp³-hybridized carbons (Fsp3) is 0.316. The minimum Gasteiger partial charge on any atom is -0.378 e. The molecule has 1 saturated heterocycles. The van der Waals surface area contributed by atoms with Gasteiger partial charge in [-0.3, -0.25) is 4.79 Å². The molecule has 0 aromatic heterocycles.